The van der Waals surface area contributed by atoms with E-state index in [1.807, 2.05) is 26.0 Å². The minimum Gasteiger partial charge on any atom is -0.481 e. The smallest absolute Gasteiger partial charge is 0.321 e. The molecule has 1 aromatic heterocycles. The van der Waals surface area contributed by atoms with Crippen molar-refractivity contribution in [3.05, 3.63) is 41.2 Å². The minimum absolute atomic E-state index is 0.106. The molecule has 0 atom stereocenters. The molecule has 134 valence electrons. The fraction of sp³-hybridized carbons (Fsp3) is 0.353. The SMILES string of the molecule is CC(C)c1c(NC(=O)N(C)CCC(=O)O)cnn1-c1ccc(Cl)cc1. The molecule has 0 fully saturated rings. The lowest BCUT2D eigenvalue weighted by Crippen LogP contribution is -2.33. The number of nitrogens with zero attached hydrogens (tertiary/aromatic N) is 3. The Morgan fingerprint density at radius 3 is 2.52 bits per heavy atom. The van der Waals surface area contributed by atoms with Gasteiger partial charge in [0.1, 0.15) is 0 Å². The third kappa shape index (κ3) is 4.73. The molecule has 0 spiro atoms. The summed E-state index contributed by atoms with van der Waals surface area (Å²) in [5.41, 5.74) is 2.28. The van der Waals surface area contributed by atoms with Crippen LogP contribution in [0.5, 0.6) is 0 Å². The van der Waals surface area contributed by atoms with E-state index in [4.69, 9.17) is 16.7 Å². The quantitative estimate of drug-likeness (QED) is 0.819. The lowest BCUT2D eigenvalue weighted by Gasteiger charge is -2.18. The standard InChI is InChI=1S/C17H21ClN4O3/c1-11(2)16-14(20-17(25)21(3)9-8-15(23)24)10-19-22(16)13-6-4-12(18)5-7-13/h4-7,10-11H,8-9H2,1-3H3,(H,20,25)(H,23,24). The van der Waals surface area contributed by atoms with Gasteiger partial charge < -0.3 is 15.3 Å². The number of hydrogen-bond acceptors (Lipinski definition) is 3. The number of nitrogens with one attached hydrogen (secondary N) is 1. The summed E-state index contributed by atoms with van der Waals surface area (Å²) >= 11 is 5.93. The van der Waals surface area contributed by atoms with Crippen LogP contribution in [0.15, 0.2) is 30.5 Å². The molecule has 0 saturated carbocycles. The number of aliphatic carboxylic acids is 1. The zero-order valence-corrected chi connectivity index (χ0v) is 15.1. The minimum atomic E-state index is -0.946. The average molecular weight is 365 g/mol. The topological polar surface area (TPSA) is 87.5 Å². The van der Waals surface area contributed by atoms with Gasteiger partial charge in [-0.3, -0.25) is 4.79 Å². The highest BCUT2D eigenvalue weighted by molar-refractivity contribution is 6.30. The predicted molar refractivity (Wildman–Crippen MR) is 96.6 cm³/mol. The van der Waals surface area contributed by atoms with Gasteiger partial charge in [0.25, 0.3) is 0 Å². The number of urea groups is 1. The highest BCUT2D eigenvalue weighted by Crippen LogP contribution is 2.27. The average Bonchev–Trinajstić information content (AvgIpc) is 2.96. The molecule has 0 aliphatic rings. The Hall–Kier alpha value is -2.54. The summed E-state index contributed by atoms with van der Waals surface area (Å²) in [7, 11) is 1.55. The van der Waals surface area contributed by atoms with Gasteiger partial charge in [-0.05, 0) is 30.2 Å². The lowest BCUT2D eigenvalue weighted by atomic mass is 10.1. The van der Waals surface area contributed by atoms with Crippen LogP contribution in [0.3, 0.4) is 0 Å². The molecule has 8 heteroatoms. The maximum Gasteiger partial charge on any atom is 0.321 e. The number of amides is 2. The predicted octanol–water partition coefficient (Wildman–Crippen LogP) is 3.59. The fourth-order valence-corrected chi connectivity index (χ4v) is 2.50. The number of anilines is 1. The van der Waals surface area contributed by atoms with E-state index < -0.39 is 5.97 Å². The van der Waals surface area contributed by atoms with Crippen LogP contribution in [-0.4, -0.2) is 45.4 Å². The Balaban J connectivity index is 2.23. The Labute approximate surface area is 151 Å². The number of carboxylic acid groups (broad SMARTS) is 1. The molecule has 0 aliphatic carbocycles. The van der Waals surface area contributed by atoms with E-state index in [-0.39, 0.29) is 24.9 Å². The van der Waals surface area contributed by atoms with Gasteiger partial charge in [0.05, 0.1) is 29.7 Å². The van der Waals surface area contributed by atoms with E-state index in [1.54, 1.807) is 30.1 Å². The molecular weight excluding hydrogens is 344 g/mol. The monoisotopic (exact) mass is 364 g/mol. The van der Waals surface area contributed by atoms with Crippen molar-refractivity contribution in [1.29, 1.82) is 0 Å². The van der Waals surface area contributed by atoms with Crippen LogP contribution in [0.2, 0.25) is 5.02 Å². The van der Waals surface area contributed by atoms with Crippen molar-refractivity contribution in [2.24, 2.45) is 0 Å². The van der Waals surface area contributed by atoms with E-state index in [9.17, 15) is 9.59 Å². The van der Waals surface area contributed by atoms with E-state index >= 15 is 0 Å². The second-order valence-electron chi connectivity index (χ2n) is 5.98. The third-order valence-electron chi connectivity index (χ3n) is 3.67. The van der Waals surface area contributed by atoms with Crippen molar-refractivity contribution >= 4 is 29.3 Å². The van der Waals surface area contributed by atoms with Crippen molar-refractivity contribution in [3.8, 4) is 5.69 Å². The zero-order valence-electron chi connectivity index (χ0n) is 14.4. The number of benzene rings is 1. The molecule has 25 heavy (non-hydrogen) atoms. The van der Waals surface area contributed by atoms with Crippen molar-refractivity contribution in [3.63, 3.8) is 0 Å². The summed E-state index contributed by atoms with van der Waals surface area (Å²) in [6.07, 6.45) is 1.48. The van der Waals surface area contributed by atoms with Gasteiger partial charge in [-0.1, -0.05) is 25.4 Å². The van der Waals surface area contributed by atoms with Gasteiger partial charge in [-0.25, -0.2) is 9.48 Å². The summed E-state index contributed by atoms with van der Waals surface area (Å²) < 4.78 is 1.76. The zero-order chi connectivity index (χ0) is 18.6. The molecule has 2 N–H and O–H groups in total. The summed E-state index contributed by atoms with van der Waals surface area (Å²) in [5.74, 6) is -0.837. The maximum atomic E-state index is 12.3. The summed E-state index contributed by atoms with van der Waals surface area (Å²) in [5, 5.41) is 16.5. The normalized spacial score (nSPS) is 10.8. The molecule has 1 aromatic carbocycles. The molecule has 0 radical (unpaired) electrons. The van der Waals surface area contributed by atoms with Crippen LogP contribution < -0.4 is 5.32 Å². The number of hydrogen-bond donors (Lipinski definition) is 2. The molecule has 2 aromatic rings. The Morgan fingerprint density at radius 1 is 1.32 bits per heavy atom. The first-order chi connectivity index (χ1) is 11.8. The molecule has 7 nitrogen and oxygen atoms in total. The maximum absolute atomic E-state index is 12.3. The second-order valence-corrected chi connectivity index (χ2v) is 6.42. The van der Waals surface area contributed by atoms with Gasteiger partial charge >= 0.3 is 12.0 Å². The molecule has 1 heterocycles. The number of halogens is 1. The van der Waals surface area contributed by atoms with Gasteiger partial charge in [0.15, 0.2) is 0 Å². The van der Waals surface area contributed by atoms with E-state index in [1.165, 1.54) is 4.90 Å². The molecule has 0 aliphatic heterocycles. The van der Waals surface area contributed by atoms with Crippen LogP contribution in [0.4, 0.5) is 10.5 Å². The van der Waals surface area contributed by atoms with Crippen LogP contribution >= 0.6 is 11.6 Å². The lowest BCUT2D eigenvalue weighted by molar-refractivity contribution is -0.137. The van der Waals surface area contributed by atoms with Crippen LogP contribution in [0.1, 0.15) is 31.9 Å². The number of carbonyl (C=O) groups is 2. The van der Waals surface area contributed by atoms with Crippen molar-refractivity contribution in [2.45, 2.75) is 26.2 Å². The highest BCUT2D eigenvalue weighted by atomic mass is 35.5. The highest BCUT2D eigenvalue weighted by Gasteiger charge is 2.19. The summed E-state index contributed by atoms with van der Waals surface area (Å²) in [6.45, 7) is 4.14. The second kappa shape index (κ2) is 8.02. The number of carboxylic acids is 1. The van der Waals surface area contributed by atoms with Crippen LogP contribution in [-0.2, 0) is 4.79 Å². The van der Waals surface area contributed by atoms with Crippen molar-refractivity contribution in [2.75, 3.05) is 18.9 Å². The fourth-order valence-electron chi connectivity index (χ4n) is 2.37. The molecule has 2 rings (SSSR count). The van der Waals surface area contributed by atoms with Crippen LogP contribution in [0, 0.1) is 0 Å². The molecule has 0 saturated heterocycles. The van der Waals surface area contributed by atoms with Crippen molar-refractivity contribution in [1.82, 2.24) is 14.7 Å². The largest absolute Gasteiger partial charge is 0.481 e. The first kappa shape index (κ1) is 18.8. The van der Waals surface area contributed by atoms with E-state index in [0.717, 1.165) is 11.4 Å². The number of aromatic nitrogens is 2. The molecule has 0 bridgehead atoms. The number of rotatable bonds is 6. The molecule has 2 amide bonds. The molecular formula is C17H21ClN4O3. The first-order valence-corrected chi connectivity index (χ1v) is 8.25. The van der Waals surface area contributed by atoms with Crippen LogP contribution in [0.25, 0.3) is 5.69 Å². The Bertz CT molecular complexity index is 756. The van der Waals surface area contributed by atoms with Gasteiger partial charge in [0, 0.05) is 18.6 Å². The summed E-state index contributed by atoms with van der Waals surface area (Å²) in [6, 6.07) is 6.89. The van der Waals surface area contributed by atoms with Crippen molar-refractivity contribution < 1.29 is 14.7 Å². The van der Waals surface area contributed by atoms with E-state index in [2.05, 4.69) is 10.4 Å². The number of carbonyl (C=O) groups excluding carboxylic acids is 1. The van der Waals surface area contributed by atoms with Gasteiger partial charge in [0.2, 0.25) is 0 Å². The Kier molecular flexibility index (Phi) is 6.03. The summed E-state index contributed by atoms with van der Waals surface area (Å²) in [4.78, 5) is 24.2. The first-order valence-electron chi connectivity index (χ1n) is 7.87. The van der Waals surface area contributed by atoms with E-state index in [0.29, 0.717) is 10.7 Å². The Morgan fingerprint density at radius 2 is 1.96 bits per heavy atom. The van der Waals surface area contributed by atoms with Gasteiger partial charge in [-0.2, -0.15) is 5.10 Å². The van der Waals surface area contributed by atoms with Gasteiger partial charge in [-0.15, -0.1) is 0 Å². The molecule has 0 unspecified atom stereocenters. The third-order valence-corrected chi connectivity index (χ3v) is 3.93.